The summed E-state index contributed by atoms with van der Waals surface area (Å²) in [7, 11) is 0. The van der Waals surface area contributed by atoms with E-state index in [-0.39, 0.29) is 5.54 Å². The molecule has 0 spiro atoms. The predicted molar refractivity (Wildman–Crippen MR) is 87.0 cm³/mol. The quantitative estimate of drug-likeness (QED) is 0.728. The van der Waals surface area contributed by atoms with Gasteiger partial charge in [0.05, 0.1) is 0 Å². The molecular weight excluding hydrogens is 246 g/mol. The number of nitrogens with two attached hydrogens (primary N) is 1. The molecule has 1 unspecified atom stereocenters. The highest BCUT2D eigenvalue weighted by Gasteiger charge is 2.34. The van der Waals surface area contributed by atoms with E-state index in [0.29, 0.717) is 0 Å². The van der Waals surface area contributed by atoms with E-state index in [1.54, 1.807) is 0 Å². The molecule has 2 rings (SSSR count). The molecule has 118 valence electrons. The Bertz CT molecular complexity index is 267. The summed E-state index contributed by atoms with van der Waals surface area (Å²) in [5.74, 6) is 0. The molecule has 1 heterocycles. The van der Waals surface area contributed by atoms with Crippen molar-refractivity contribution in [2.24, 2.45) is 5.73 Å². The lowest BCUT2D eigenvalue weighted by Crippen LogP contribution is -2.59. The molecule has 0 aromatic heterocycles. The lowest BCUT2D eigenvalue weighted by atomic mass is 9.91. The van der Waals surface area contributed by atoms with Crippen LogP contribution in [0, 0.1) is 0 Å². The molecule has 0 radical (unpaired) electrons. The zero-order valence-corrected chi connectivity index (χ0v) is 13.7. The molecule has 3 nitrogen and oxygen atoms in total. The first-order valence-corrected chi connectivity index (χ1v) is 8.89. The summed E-state index contributed by atoms with van der Waals surface area (Å²) in [6.45, 7) is 10.4. The van der Waals surface area contributed by atoms with Crippen LogP contribution in [0.2, 0.25) is 0 Å². The molecule has 0 aromatic carbocycles. The van der Waals surface area contributed by atoms with E-state index in [1.807, 2.05) is 0 Å². The van der Waals surface area contributed by atoms with Gasteiger partial charge in [-0.05, 0) is 26.2 Å². The molecule has 2 aliphatic rings. The van der Waals surface area contributed by atoms with Gasteiger partial charge in [-0.3, -0.25) is 9.80 Å². The first kappa shape index (κ1) is 16.3. The van der Waals surface area contributed by atoms with Crippen molar-refractivity contribution >= 4 is 0 Å². The van der Waals surface area contributed by atoms with E-state index in [4.69, 9.17) is 5.73 Å². The topological polar surface area (TPSA) is 32.5 Å². The van der Waals surface area contributed by atoms with Gasteiger partial charge in [0.25, 0.3) is 0 Å². The van der Waals surface area contributed by atoms with Gasteiger partial charge in [0, 0.05) is 44.3 Å². The normalized spacial score (nSPS) is 25.9. The SMILES string of the molecule is CCCCCC(C)(CN)N1CCN(C2CCCC2)CC1. The minimum atomic E-state index is 0.233. The summed E-state index contributed by atoms with van der Waals surface area (Å²) in [6.07, 6.45) is 11.0. The lowest BCUT2D eigenvalue weighted by Gasteiger charge is -2.47. The third kappa shape index (κ3) is 3.96. The van der Waals surface area contributed by atoms with E-state index in [9.17, 15) is 0 Å². The van der Waals surface area contributed by atoms with Gasteiger partial charge < -0.3 is 5.73 Å². The number of nitrogens with zero attached hydrogens (tertiary/aromatic N) is 2. The molecule has 2 N–H and O–H groups in total. The van der Waals surface area contributed by atoms with Gasteiger partial charge in [-0.15, -0.1) is 0 Å². The summed E-state index contributed by atoms with van der Waals surface area (Å²) in [5, 5.41) is 0. The van der Waals surface area contributed by atoms with E-state index in [1.165, 1.54) is 77.5 Å². The van der Waals surface area contributed by atoms with Crippen LogP contribution in [0.4, 0.5) is 0 Å². The van der Waals surface area contributed by atoms with Gasteiger partial charge in [0.1, 0.15) is 0 Å². The van der Waals surface area contributed by atoms with Crippen molar-refractivity contribution in [1.82, 2.24) is 9.80 Å². The summed E-state index contributed by atoms with van der Waals surface area (Å²) in [5.41, 5.74) is 6.35. The molecule has 0 amide bonds. The minimum Gasteiger partial charge on any atom is -0.329 e. The Kier molecular flexibility index (Phi) is 6.31. The maximum absolute atomic E-state index is 6.12. The highest BCUT2D eigenvalue weighted by Crippen LogP contribution is 2.27. The van der Waals surface area contributed by atoms with E-state index in [0.717, 1.165) is 12.6 Å². The molecule has 1 aliphatic heterocycles. The van der Waals surface area contributed by atoms with Crippen LogP contribution >= 0.6 is 0 Å². The fourth-order valence-corrected chi connectivity index (χ4v) is 4.04. The first-order chi connectivity index (χ1) is 9.69. The van der Waals surface area contributed by atoms with Gasteiger partial charge in [-0.1, -0.05) is 39.0 Å². The van der Waals surface area contributed by atoms with Crippen molar-refractivity contribution in [3.8, 4) is 0 Å². The van der Waals surface area contributed by atoms with Crippen molar-refractivity contribution in [3.63, 3.8) is 0 Å². The zero-order valence-electron chi connectivity index (χ0n) is 13.7. The standard InChI is InChI=1S/C17H35N3/c1-3-4-7-10-17(2,15-18)20-13-11-19(12-14-20)16-8-5-6-9-16/h16H,3-15,18H2,1-2H3. The van der Waals surface area contributed by atoms with Crippen LogP contribution in [0.1, 0.15) is 65.2 Å². The van der Waals surface area contributed by atoms with Crippen molar-refractivity contribution in [2.75, 3.05) is 32.7 Å². The predicted octanol–water partition coefficient (Wildman–Crippen LogP) is 2.84. The molecule has 1 saturated carbocycles. The maximum Gasteiger partial charge on any atom is 0.0304 e. The van der Waals surface area contributed by atoms with Crippen LogP contribution < -0.4 is 5.73 Å². The molecule has 3 heteroatoms. The largest absolute Gasteiger partial charge is 0.329 e. The molecule has 0 bridgehead atoms. The summed E-state index contributed by atoms with van der Waals surface area (Å²) >= 11 is 0. The lowest BCUT2D eigenvalue weighted by molar-refractivity contribution is 0.0249. The third-order valence-corrected chi connectivity index (χ3v) is 5.68. The average Bonchev–Trinajstić information content (AvgIpc) is 3.02. The van der Waals surface area contributed by atoms with Crippen molar-refractivity contribution in [3.05, 3.63) is 0 Å². The molecule has 1 saturated heterocycles. The van der Waals surface area contributed by atoms with Gasteiger partial charge in [-0.25, -0.2) is 0 Å². The number of hydrogen-bond acceptors (Lipinski definition) is 3. The Hall–Kier alpha value is -0.120. The van der Waals surface area contributed by atoms with Crippen LogP contribution in [0.5, 0.6) is 0 Å². The number of piperazine rings is 1. The van der Waals surface area contributed by atoms with Gasteiger partial charge >= 0.3 is 0 Å². The van der Waals surface area contributed by atoms with Crippen LogP contribution in [0.25, 0.3) is 0 Å². The van der Waals surface area contributed by atoms with E-state index in [2.05, 4.69) is 23.6 Å². The van der Waals surface area contributed by atoms with Crippen LogP contribution in [-0.2, 0) is 0 Å². The molecule has 0 aromatic rings. The molecule has 20 heavy (non-hydrogen) atoms. The second kappa shape index (κ2) is 7.77. The summed E-state index contributed by atoms with van der Waals surface area (Å²) in [4.78, 5) is 5.42. The highest BCUT2D eigenvalue weighted by molar-refractivity contribution is 4.92. The zero-order chi connectivity index (χ0) is 14.4. The Morgan fingerprint density at radius 1 is 1.05 bits per heavy atom. The van der Waals surface area contributed by atoms with Gasteiger partial charge in [0.2, 0.25) is 0 Å². The Balaban J connectivity index is 1.80. The second-order valence-electron chi connectivity index (χ2n) is 7.12. The third-order valence-electron chi connectivity index (χ3n) is 5.68. The Morgan fingerprint density at radius 3 is 2.25 bits per heavy atom. The molecule has 1 atom stereocenters. The van der Waals surface area contributed by atoms with Crippen LogP contribution in [-0.4, -0.2) is 54.1 Å². The molecule has 2 fully saturated rings. The van der Waals surface area contributed by atoms with Crippen molar-refractivity contribution in [1.29, 1.82) is 0 Å². The number of unbranched alkanes of at least 4 members (excludes halogenated alkanes) is 2. The molecular formula is C17H35N3. The smallest absolute Gasteiger partial charge is 0.0304 e. The van der Waals surface area contributed by atoms with Crippen molar-refractivity contribution < 1.29 is 0 Å². The minimum absolute atomic E-state index is 0.233. The number of hydrogen-bond donors (Lipinski definition) is 1. The van der Waals surface area contributed by atoms with E-state index < -0.39 is 0 Å². The van der Waals surface area contributed by atoms with Gasteiger partial charge in [-0.2, -0.15) is 0 Å². The molecule has 1 aliphatic carbocycles. The summed E-state index contributed by atoms with van der Waals surface area (Å²) in [6, 6.07) is 0.890. The Morgan fingerprint density at radius 2 is 1.70 bits per heavy atom. The second-order valence-corrected chi connectivity index (χ2v) is 7.12. The first-order valence-electron chi connectivity index (χ1n) is 8.89. The average molecular weight is 281 g/mol. The summed E-state index contributed by atoms with van der Waals surface area (Å²) < 4.78 is 0. The van der Waals surface area contributed by atoms with Gasteiger partial charge in [0.15, 0.2) is 0 Å². The van der Waals surface area contributed by atoms with Crippen LogP contribution in [0.15, 0.2) is 0 Å². The van der Waals surface area contributed by atoms with E-state index >= 15 is 0 Å². The number of rotatable bonds is 7. The highest BCUT2D eigenvalue weighted by atomic mass is 15.3. The fraction of sp³-hybridized carbons (Fsp3) is 1.00. The Labute approximate surface area is 125 Å². The van der Waals surface area contributed by atoms with Crippen molar-refractivity contribution in [2.45, 2.75) is 76.8 Å². The maximum atomic E-state index is 6.12. The fourth-order valence-electron chi connectivity index (χ4n) is 4.04. The van der Waals surface area contributed by atoms with Crippen LogP contribution in [0.3, 0.4) is 0 Å². The monoisotopic (exact) mass is 281 g/mol.